The van der Waals surface area contributed by atoms with Gasteiger partial charge < -0.3 is 14.8 Å². The molecule has 3 aromatic heterocycles. The lowest BCUT2D eigenvalue weighted by molar-refractivity contribution is -0.142. The van der Waals surface area contributed by atoms with Crippen molar-refractivity contribution in [2.24, 2.45) is 0 Å². The molecule has 4 aromatic rings. The Morgan fingerprint density at radius 2 is 2.00 bits per heavy atom. The van der Waals surface area contributed by atoms with Gasteiger partial charge in [-0.15, -0.1) is 22.0 Å². The van der Waals surface area contributed by atoms with Crippen LogP contribution in [0.3, 0.4) is 0 Å². The number of carbonyl (C=O) groups is 1. The lowest BCUT2D eigenvalue weighted by Crippen LogP contribution is -2.16. The molecule has 0 bridgehead atoms. The first-order valence-electron chi connectivity index (χ1n) is 10.4. The van der Waals surface area contributed by atoms with Crippen LogP contribution in [0.1, 0.15) is 13.8 Å². The molecule has 1 atom stereocenters. The van der Waals surface area contributed by atoms with E-state index in [1.54, 1.807) is 44.4 Å². The number of halogens is 2. The van der Waals surface area contributed by atoms with Gasteiger partial charge >= 0.3 is 5.97 Å². The van der Waals surface area contributed by atoms with Gasteiger partial charge in [-0.25, -0.2) is 18.7 Å². The van der Waals surface area contributed by atoms with Crippen LogP contribution < -0.4 is 10.1 Å². The smallest absolute Gasteiger partial charge is 0.319 e. The molecule has 180 valence electrons. The molecule has 1 aromatic carbocycles. The topological polar surface area (TPSA) is 128 Å². The first kappa shape index (κ1) is 24.0. The summed E-state index contributed by atoms with van der Waals surface area (Å²) in [5.74, 6) is -1.05. The fourth-order valence-electron chi connectivity index (χ4n) is 2.85. The molecule has 1 unspecified atom stereocenters. The molecule has 0 radical (unpaired) electrons. The molecule has 0 aliphatic rings. The van der Waals surface area contributed by atoms with Gasteiger partial charge in [-0.2, -0.15) is 5.21 Å². The minimum absolute atomic E-state index is 0.0646. The zero-order valence-corrected chi connectivity index (χ0v) is 19.3. The Morgan fingerprint density at radius 1 is 1.14 bits per heavy atom. The molecule has 35 heavy (non-hydrogen) atoms. The van der Waals surface area contributed by atoms with Gasteiger partial charge in [0.2, 0.25) is 5.82 Å². The van der Waals surface area contributed by atoms with E-state index in [1.165, 1.54) is 17.8 Å². The van der Waals surface area contributed by atoms with Crippen molar-refractivity contribution in [1.29, 1.82) is 0 Å². The minimum atomic E-state index is -1.05. The number of rotatable bonds is 9. The average Bonchev–Trinajstić information content (AvgIpc) is 3.39. The van der Waals surface area contributed by atoms with E-state index in [2.05, 4.69) is 35.9 Å². The van der Waals surface area contributed by atoms with E-state index in [0.29, 0.717) is 22.1 Å². The van der Waals surface area contributed by atoms with E-state index in [9.17, 15) is 13.6 Å². The number of nitrogens with one attached hydrogen (secondary N) is 2. The zero-order valence-electron chi connectivity index (χ0n) is 18.5. The summed E-state index contributed by atoms with van der Waals surface area (Å²) in [7, 11) is 0. The summed E-state index contributed by atoms with van der Waals surface area (Å²) >= 11 is 1.22. The van der Waals surface area contributed by atoms with Crippen LogP contribution in [0.25, 0.3) is 11.4 Å². The summed E-state index contributed by atoms with van der Waals surface area (Å²) in [6.07, 6.45) is 3.10. The largest absolute Gasteiger partial charge is 0.465 e. The quantitative estimate of drug-likeness (QED) is 0.251. The molecule has 0 spiro atoms. The third kappa shape index (κ3) is 6.06. The average molecular weight is 500 g/mol. The number of tetrazole rings is 1. The Kier molecular flexibility index (Phi) is 7.45. The van der Waals surface area contributed by atoms with E-state index in [-0.39, 0.29) is 29.9 Å². The number of ether oxygens (including phenoxy) is 2. The van der Waals surface area contributed by atoms with Crippen molar-refractivity contribution in [2.45, 2.75) is 24.0 Å². The van der Waals surface area contributed by atoms with Crippen LogP contribution in [0.15, 0.2) is 53.7 Å². The van der Waals surface area contributed by atoms with Crippen LogP contribution in [-0.4, -0.2) is 48.4 Å². The summed E-state index contributed by atoms with van der Waals surface area (Å²) in [6.45, 7) is 3.71. The van der Waals surface area contributed by atoms with Gasteiger partial charge in [0.05, 0.1) is 6.61 Å². The molecule has 0 saturated carbocycles. The molecule has 0 saturated heterocycles. The van der Waals surface area contributed by atoms with Gasteiger partial charge in [0.1, 0.15) is 16.8 Å². The van der Waals surface area contributed by atoms with E-state index < -0.39 is 16.9 Å². The molecule has 3 heterocycles. The third-order valence-corrected chi connectivity index (χ3v) is 5.53. The summed E-state index contributed by atoms with van der Waals surface area (Å²) in [5, 5.41) is 16.2. The molecule has 13 heteroatoms. The Bertz CT molecular complexity index is 1310. The maximum atomic E-state index is 13.7. The number of anilines is 2. The second-order valence-corrected chi connectivity index (χ2v) is 8.41. The summed E-state index contributed by atoms with van der Waals surface area (Å²) in [5.41, 5.74) is 0.648. The number of pyridine rings is 2. The highest BCUT2D eigenvalue weighted by Crippen LogP contribution is 2.35. The van der Waals surface area contributed by atoms with Crippen molar-refractivity contribution in [2.75, 3.05) is 11.9 Å². The van der Waals surface area contributed by atoms with Gasteiger partial charge in [0.25, 0.3) is 0 Å². The molecule has 10 nitrogen and oxygen atoms in total. The lowest BCUT2D eigenvalue weighted by atomic mass is 10.2. The highest BCUT2D eigenvalue weighted by molar-refractivity contribution is 8.00. The van der Waals surface area contributed by atoms with Crippen molar-refractivity contribution in [1.82, 2.24) is 30.6 Å². The molecule has 0 aliphatic carbocycles. The lowest BCUT2D eigenvalue weighted by Gasteiger charge is -2.15. The Balaban J connectivity index is 1.60. The Morgan fingerprint density at radius 3 is 2.69 bits per heavy atom. The number of esters is 1. The van der Waals surface area contributed by atoms with Gasteiger partial charge in [0.15, 0.2) is 23.2 Å². The Hall–Kier alpha value is -4.13. The maximum absolute atomic E-state index is 13.7. The van der Waals surface area contributed by atoms with E-state index in [0.717, 1.165) is 12.1 Å². The number of hydrogen-bond donors (Lipinski definition) is 2. The first-order valence-corrected chi connectivity index (χ1v) is 11.2. The normalized spacial score (nSPS) is 11.7. The number of benzene rings is 1. The van der Waals surface area contributed by atoms with Gasteiger partial charge in [-0.05, 0) is 49.4 Å². The van der Waals surface area contributed by atoms with Crippen LogP contribution in [0.5, 0.6) is 11.5 Å². The van der Waals surface area contributed by atoms with Crippen LogP contribution in [0.2, 0.25) is 0 Å². The number of hydrogen-bond acceptors (Lipinski definition) is 10. The first-order chi connectivity index (χ1) is 16.9. The predicted octanol–water partition coefficient (Wildman–Crippen LogP) is 4.51. The van der Waals surface area contributed by atoms with Gasteiger partial charge in [-0.1, -0.05) is 0 Å². The molecule has 0 amide bonds. The maximum Gasteiger partial charge on any atom is 0.319 e. The fraction of sp³-hybridized carbons (Fsp3) is 0.182. The second kappa shape index (κ2) is 10.9. The highest BCUT2D eigenvalue weighted by atomic mass is 32.2. The monoisotopic (exact) mass is 499 g/mol. The van der Waals surface area contributed by atoms with Crippen molar-refractivity contribution in [3.05, 3.63) is 60.4 Å². The van der Waals surface area contributed by atoms with Crippen molar-refractivity contribution >= 4 is 29.4 Å². The number of aromatic nitrogens is 6. The number of H-pyrrole nitrogens is 1. The van der Waals surface area contributed by atoms with Crippen LogP contribution in [0.4, 0.5) is 20.4 Å². The number of aromatic amines is 1. The fourth-order valence-corrected chi connectivity index (χ4v) is 3.71. The zero-order chi connectivity index (χ0) is 24.8. The molecule has 2 N–H and O–H groups in total. The third-order valence-electron chi connectivity index (χ3n) is 4.49. The number of thioether (sulfide) groups is 1. The SMILES string of the molecule is CCOC(=O)C(C)Sc1cnc(Nc2ccc(-c3nn[nH]n3)cn2)c(Oc2ccc(F)c(F)c2)c1. The number of nitrogens with zero attached hydrogens (tertiary/aromatic N) is 5. The van der Waals surface area contributed by atoms with E-state index in [4.69, 9.17) is 9.47 Å². The van der Waals surface area contributed by atoms with E-state index >= 15 is 0 Å². The molecular weight excluding hydrogens is 480 g/mol. The highest BCUT2D eigenvalue weighted by Gasteiger charge is 2.18. The summed E-state index contributed by atoms with van der Waals surface area (Å²) in [6, 6.07) is 8.23. The summed E-state index contributed by atoms with van der Waals surface area (Å²) in [4.78, 5) is 21.3. The summed E-state index contributed by atoms with van der Waals surface area (Å²) < 4.78 is 37.9. The molecule has 4 rings (SSSR count). The minimum Gasteiger partial charge on any atom is -0.465 e. The predicted molar refractivity (Wildman–Crippen MR) is 123 cm³/mol. The standard InChI is InChI=1S/C22H19F2N7O3S/c1-3-33-22(32)12(2)35-15-9-18(34-14-5-6-16(23)17(24)8-14)21(26-11-15)27-19-7-4-13(10-25-19)20-28-30-31-29-20/h4-12H,3H2,1-2H3,(H,25,26,27)(H,28,29,30,31). The van der Waals surface area contributed by atoms with Crippen molar-refractivity contribution < 1.29 is 23.0 Å². The van der Waals surface area contributed by atoms with Gasteiger partial charge in [0, 0.05) is 28.9 Å². The van der Waals surface area contributed by atoms with Crippen molar-refractivity contribution in [3.63, 3.8) is 0 Å². The van der Waals surface area contributed by atoms with Gasteiger partial charge in [-0.3, -0.25) is 4.79 Å². The number of carbonyl (C=O) groups excluding carboxylic acids is 1. The van der Waals surface area contributed by atoms with Crippen LogP contribution in [0, 0.1) is 11.6 Å². The van der Waals surface area contributed by atoms with Crippen LogP contribution >= 0.6 is 11.8 Å². The molecule has 0 fully saturated rings. The Labute approximate surface area is 202 Å². The second-order valence-electron chi connectivity index (χ2n) is 7.00. The molecule has 0 aliphatic heterocycles. The van der Waals surface area contributed by atoms with Crippen molar-refractivity contribution in [3.8, 4) is 22.9 Å². The van der Waals surface area contributed by atoms with E-state index in [1.807, 2.05) is 0 Å². The molecular formula is C22H19F2N7O3S. The van der Waals surface area contributed by atoms with Crippen LogP contribution in [-0.2, 0) is 9.53 Å².